The number of nitrogens with zero attached hydrogens (tertiary/aromatic N) is 5. The minimum Gasteiger partial charge on any atom is -0.456 e. The van der Waals surface area contributed by atoms with Gasteiger partial charge < -0.3 is 8.98 Å². The van der Waals surface area contributed by atoms with Gasteiger partial charge in [-0.15, -0.1) is 11.3 Å². The van der Waals surface area contributed by atoms with Gasteiger partial charge in [-0.25, -0.2) is 15.0 Å². The predicted octanol–water partition coefficient (Wildman–Crippen LogP) is 14.5. The lowest BCUT2D eigenvalue weighted by Gasteiger charge is -2.12. The third-order valence-corrected chi connectivity index (χ3v) is 13.1. The summed E-state index contributed by atoms with van der Waals surface area (Å²) in [4.78, 5) is 19.9. The lowest BCUT2D eigenvalue weighted by Crippen LogP contribution is -2.00. The summed E-state index contributed by atoms with van der Waals surface area (Å²) >= 11 is 1.80. The van der Waals surface area contributed by atoms with E-state index in [1.54, 1.807) is 17.5 Å². The third kappa shape index (κ3) is 5.41. The molecule has 0 unspecified atom stereocenters. The van der Waals surface area contributed by atoms with Gasteiger partial charge in [-0.3, -0.25) is 4.98 Å². The Morgan fingerprint density at radius 2 is 1.07 bits per heavy atom. The standard InChI is InChI=1S/C54H31N5OS/c1-2-11-39-33(8-1)18-23-42-40-12-3-5-14-46(40)59(51(39)42)38-21-16-32(17-22-38)34-9-7-10-35(28-34)52-56-53(36-19-24-47-43(29-36)45-31-55-27-26-48(45)60-47)58-54(57-52)37-20-25-50-44(30-37)41-13-4-6-15-49(41)61-50/h1-31H. The van der Waals surface area contributed by atoms with Crippen LogP contribution in [-0.2, 0) is 0 Å². The highest BCUT2D eigenvalue weighted by atomic mass is 32.1. The summed E-state index contributed by atoms with van der Waals surface area (Å²) in [7, 11) is 0. The second-order valence-corrected chi connectivity index (χ2v) is 16.5. The monoisotopic (exact) mass is 797 g/mol. The van der Waals surface area contributed by atoms with Crippen LogP contribution in [0.3, 0.4) is 0 Å². The number of furan rings is 1. The van der Waals surface area contributed by atoms with Gasteiger partial charge >= 0.3 is 0 Å². The molecule has 7 heteroatoms. The minimum atomic E-state index is 0.587. The summed E-state index contributed by atoms with van der Waals surface area (Å²) in [5.74, 6) is 1.80. The van der Waals surface area contributed by atoms with E-state index in [-0.39, 0.29) is 0 Å². The highest BCUT2D eigenvalue weighted by Gasteiger charge is 2.18. The lowest BCUT2D eigenvalue weighted by molar-refractivity contribution is 0.668. The second kappa shape index (κ2) is 13.3. The molecule has 0 bridgehead atoms. The molecule has 5 heterocycles. The zero-order chi connectivity index (χ0) is 40.0. The zero-order valence-electron chi connectivity index (χ0n) is 32.5. The first kappa shape index (κ1) is 33.9. The van der Waals surface area contributed by atoms with Crippen molar-refractivity contribution in [2.75, 3.05) is 0 Å². The van der Waals surface area contributed by atoms with Crippen LogP contribution in [0.4, 0.5) is 0 Å². The van der Waals surface area contributed by atoms with E-state index in [2.05, 4.69) is 167 Å². The summed E-state index contributed by atoms with van der Waals surface area (Å²) in [5.41, 5.74) is 10.00. The van der Waals surface area contributed by atoms with Gasteiger partial charge in [0.25, 0.3) is 0 Å². The molecule has 0 saturated heterocycles. The first-order chi connectivity index (χ1) is 30.2. The normalized spacial score (nSPS) is 11.9. The van der Waals surface area contributed by atoms with Crippen LogP contribution < -0.4 is 0 Å². The maximum Gasteiger partial charge on any atom is 0.164 e. The summed E-state index contributed by atoms with van der Waals surface area (Å²) < 4.78 is 11.0. The third-order valence-electron chi connectivity index (χ3n) is 11.9. The number of thiophene rings is 1. The predicted molar refractivity (Wildman–Crippen MR) is 251 cm³/mol. The Balaban J connectivity index is 0.941. The Labute approximate surface area is 352 Å². The first-order valence-corrected chi connectivity index (χ1v) is 21.1. The molecule has 0 aliphatic heterocycles. The number of para-hydroxylation sites is 1. The van der Waals surface area contributed by atoms with E-state index < -0.39 is 0 Å². The molecule has 61 heavy (non-hydrogen) atoms. The molecule has 0 saturated carbocycles. The van der Waals surface area contributed by atoms with Crippen LogP contribution in [0, 0.1) is 0 Å². The molecule has 0 spiro atoms. The van der Waals surface area contributed by atoms with Crippen molar-refractivity contribution in [3.05, 3.63) is 188 Å². The maximum atomic E-state index is 6.14. The SMILES string of the molecule is c1cc(-c2ccc(-n3c4ccccc4c4ccc5ccccc5c43)cc2)cc(-c2nc(-c3ccc4oc5ccncc5c4c3)nc(-c3ccc4sc5ccccc5c4c3)n2)c1. The summed E-state index contributed by atoms with van der Waals surface area (Å²) in [5, 5.41) is 9.31. The van der Waals surface area contributed by atoms with Crippen LogP contribution in [0.25, 0.3) is 126 Å². The van der Waals surface area contributed by atoms with Gasteiger partial charge in [0.2, 0.25) is 0 Å². The number of rotatable bonds is 5. The van der Waals surface area contributed by atoms with Gasteiger partial charge in [0.15, 0.2) is 17.5 Å². The number of fused-ring (bicyclic) bond motifs is 11. The molecule has 0 fully saturated rings. The highest BCUT2D eigenvalue weighted by Crippen LogP contribution is 2.39. The van der Waals surface area contributed by atoms with E-state index >= 15 is 0 Å². The van der Waals surface area contributed by atoms with Crippen LogP contribution in [0.1, 0.15) is 0 Å². The van der Waals surface area contributed by atoms with Gasteiger partial charge in [0.05, 0.1) is 11.0 Å². The molecule has 0 aliphatic carbocycles. The van der Waals surface area contributed by atoms with Crippen LogP contribution >= 0.6 is 11.3 Å². The number of hydrogen-bond acceptors (Lipinski definition) is 6. The molecule has 0 N–H and O–H groups in total. The van der Waals surface area contributed by atoms with Crippen LogP contribution in [0.5, 0.6) is 0 Å². The van der Waals surface area contributed by atoms with Gasteiger partial charge in [-0.1, -0.05) is 103 Å². The molecule has 6 nitrogen and oxygen atoms in total. The second-order valence-electron chi connectivity index (χ2n) is 15.5. The van der Waals surface area contributed by atoms with Crippen molar-refractivity contribution in [3.63, 3.8) is 0 Å². The molecule has 13 aromatic rings. The van der Waals surface area contributed by atoms with Crippen molar-refractivity contribution in [2.24, 2.45) is 0 Å². The van der Waals surface area contributed by atoms with Gasteiger partial charge in [-0.2, -0.15) is 0 Å². The van der Waals surface area contributed by atoms with Gasteiger partial charge in [-0.05, 0) is 89.3 Å². The summed E-state index contributed by atoms with van der Waals surface area (Å²) in [6.45, 7) is 0. The van der Waals surface area contributed by atoms with Crippen molar-refractivity contribution < 1.29 is 4.42 Å². The van der Waals surface area contributed by atoms with Crippen molar-refractivity contribution >= 4 is 86.0 Å². The number of hydrogen-bond donors (Lipinski definition) is 0. The molecular formula is C54H31N5OS. The Hall–Kier alpha value is -8.00. The molecule has 284 valence electrons. The number of aromatic nitrogens is 5. The molecule has 0 radical (unpaired) electrons. The van der Waals surface area contributed by atoms with Crippen molar-refractivity contribution in [1.29, 1.82) is 0 Å². The molecular weight excluding hydrogens is 767 g/mol. The van der Waals surface area contributed by atoms with Crippen molar-refractivity contribution in [1.82, 2.24) is 24.5 Å². The largest absolute Gasteiger partial charge is 0.456 e. The molecule has 0 aliphatic rings. The van der Waals surface area contributed by atoms with E-state index in [0.29, 0.717) is 17.5 Å². The first-order valence-electron chi connectivity index (χ1n) is 20.3. The average Bonchev–Trinajstić information content (AvgIpc) is 4.01. The Morgan fingerprint density at radius 3 is 1.92 bits per heavy atom. The fraction of sp³-hybridized carbons (Fsp3) is 0. The number of benzene rings is 8. The quantitative estimate of drug-likeness (QED) is 0.173. The average molecular weight is 798 g/mol. The highest BCUT2D eigenvalue weighted by molar-refractivity contribution is 7.25. The topological polar surface area (TPSA) is 69.6 Å². The van der Waals surface area contributed by atoms with Crippen LogP contribution in [-0.4, -0.2) is 24.5 Å². The maximum absolute atomic E-state index is 6.14. The Bertz CT molecular complexity index is 3770. The van der Waals surface area contributed by atoms with Gasteiger partial charge in [0, 0.05) is 81.9 Å². The van der Waals surface area contributed by atoms with E-state index in [1.165, 1.54) is 52.8 Å². The van der Waals surface area contributed by atoms with Crippen LogP contribution in [0.15, 0.2) is 193 Å². The Morgan fingerprint density at radius 1 is 0.410 bits per heavy atom. The van der Waals surface area contributed by atoms with Crippen molar-refractivity contribution in [3.8, 4) is 51.0 Å². The number of pyridine rings is 1. The van der Waals surface area contributed by atoms with E-state index in [9.17, 15) is 0 Å². The summed E-state index contributed by atoms with van der Waals surface area (Å²) in [6, 6.07) is 62.2. The zero-order valence-corrected chi connectivity index (χ0v) is 33.3. The molecule has 8 aromatic carbocycles. The summed E-state index contributed by atoms with van der Waals surface area (Å²) in [6.07, 6.45) is 3.60. The fourth-order valence-electron chi connectivity index (χ4n) is 9.03. The minimum absolute atomic E-state index is 0.587. The smallest absolute Gasteiger partial charge is 0.164 e. The molecule has 0 amide bonds. The van der Waals surface area contributed by atoms with Gasteiger partial charge in [0.1, 0.15) is 11.2 Å². The molecule has 13 rings (SSSR count). The van der Waals surface area contributed by atoms with Crippen molar-refractivity contribution in [2.45, 2.75) is 0 Å². The molecule has 5 aromatic heterocycles. The van der Waals surface area contributed by atoms with E-state index in [0.717, 1.165) is 55.4 Å². The van der Waals surface area contributed by atoms with Crippen LogP contribution in [0.2, 0.25) is 0 Å². The fourth-order valence-corrected chi connectivity index (χ4v) is 10.1. The Kier molecular flexibility index (Phi) is 7.37. The van der Waals surface area contributed by atoms with E-state index in [4.69, 9.17) is 19.4 Å². The molecule has 0 atom stereocenters. The van der Waals surface area contributed by atoms with E-state index in [1.807, 2.05) is 24.4 Å². The lowest BCUT2D eigenvalue weighted by atomic mass is 10.0.